The molecule has 1 aliphatic rings. The van der Waals surface area contributed by atoms with Crippen LogP contribution in [-0.2, 0) is 4.74 Å². The zero-order valence-corrected chi connectivity index (χ0v) is 16.4. The van der Waals surface area contributed by atoms with Crippen LogP contribution in [0.5, 0.6) is 0 Å². The van der Waals surface area contributed by atoms with Gasteiger partial charge < -0.3 is 15.0 Å². The maximum Gasteiger partial charge on any atom is 0.255 e. The highest BCUT2D eigenvalue weighted by Crippen LogP contribution is 2.25. The Morgan fingerprint density at radius 1 is 1.26 bits per heavy atom. The second kappa shape index (κ2) is 7.66. The van der Waals surface area contributed by atoms with Gasteiger partial charge in [0.25, 0.3) is 5.91 Å². The molecule has 0 radical (unpaired) electrons. The average Bonchev–Trinajstić information content (AvgIpc) is 3.07. The number of nitrogens with one attached hydrogen (secondary N) is 1. The fourth-order valence-electron chi connectivity index (χ4n) is 3.51. The number of anilines is 2. The van der Waals surface area contributed by atoms with Crippen molar-refractivity contribution in [2.24, 2.45) is 0 Å². The third-order valence-electron chi connectivity index (χ3n) is 4.96. The smallest absolute Gasteiger partial charge is 0.255 e. The minimum atomic E-state index is -0.104. The first-order chi connectivity index (χ1) is 13.1. The first kappa shape index (κ1) is 17.9. The molecule has 0 bridgehead atoms. The number of nitrogens with zero attached hydrogens (tertiary/aromatic N) is 2. The normalized spacial score (nSPS) is 17.3. The van der Waals surface area contributed by atoms with Crippen molar-refractivity contribution < 1.29 is 9.53 Å². The van der Waals surface area contributed by atoms with Gasteiger partial charge in [0.05, 0.1) is 21.3 Å². The molecule has 1 saturated heterocycles. The van der Waals surface area contributed by atoms with E-state index in [0.717, 1.165) is 52.5 Å². The number of amides is 1. The lowest BCUT2D eigenvalue weighted by atomic mass is 10.1. The van der Waals surface area contributed by atoms with Crippen molar-refractivity contribution in [3.63, 3.8) is 0 Å². The van der Waals surface area contributed by atoms with E-state index in [4.69, 9.17) is 4.74 Å². The number of aryl methyl sites for hydroxylation is 1. The number of aromatic nitrogens is 1. The Labute approximate surface area is 163 Å². The molecule has 0 aliphatic carbocycles. The molecule has 2 heterocycles. The fraction of sp³-hybridized carbons (Fsp3) is 0.333. The standard InChI is InChI=1S/C21H23N3O2S/c1-14-22-19-10-5-15(12-20(19)27-14)21(25)23-16-6-8-17(9-7-16)24-11-3-4-18(13-24)26-2/h5-10,12,18H,3-4,11,13H2,1-2H3,(H,23,25). The molecule has 27 heavy (non-hydrogen) atoms. The Kier molecular flexibility index (Phi) is 5.09. The van der Waals surface area contributed by atoms with E-state index in [1.807, 2.05) is 37.3 Å². The summed E-state index contributed by atoms with van der Waals surface area (Å²) < 4.78 is 6.53. The average molecular weight is 382 g/mol. The zero-order valence-electron chi connectivity index (χ0n) is 15.6. The van der Waals surface area contributed by atoms with Gasteiger partial charge in [-0.2, -0.15) is 0 Å². The summed E-state index contributed by atoms with van der Waals surface area (Å²) in [4.78, 5) is 19.4. The van der Waals surface area contributed by atoms with E-state index in [9.17, 15) is 4.79 Å². The van der Waals surface area contributed by atoms with E-state index in [1.165, 1.54) is 0 Å². The van der Waals surface area contributed by atoms with Gasteiger partial charge in [0.2, 0.25) is 0 Å². The molecule has 6 heteroatoms. The van der Waals surface area contributed by atoms with E-state index in [2.05, 4.69) is 27.3 Å². The van der Waals surface area contributed by atoms with E-state index < -0.39 is 0 Å². The number of carbonyl (C=O) groups is 1. The molecule has 5 nitrogen and oxygen atoms in total. The van der Waals surface area contributed by atoms with Crippen LogP contribution in [0.1, 0.15) is 28.2 Å². The van der Waals surface area contributed by atoms with Crippen molar-refractivity contribution in [2.75, 3.05) is 30.4 Å². The summed E-state index contributed by atoms with van der Waals surface area (Å²) >= 11 is 1.60. The SMILES string of the molecule is COC1CCCN(c2ccc(NC(=O)c3ccc4nc(C)sc4c3)cc2)C1. The summed E-state index contributed by atoms with van der Waals surface area (Å²) in [6, 6.07) is 13.7. The minimum Gasteiger partial charge on any atom is -0.380 e. The largest absolute Gasteiger partial charge is 0.380 e. The van der Waals surface area contributed by atoms with E-state index in [1.54, 1.807) is 18.4 Å². The number of fused-ring (bicyclic) bond motifs is 1. The first-order valence-electron chi connectivity index (χ1n) is 9.19. The van der Waals surface area contributed by atoms with Crippen molar-refractivity contribution in [3.8, 4) is 0 Å². The van der Waals surface area contributed by atoms with Crippen LogP contribution in [0.15, 0.2) is 42.5 Å². The van der Waals surface area contributed by atoms with E-state index in [-0.39, 0.29) is 5.91 Å². The predicted octanol–water partition coefficient (Wildman–Crippen LogP) is 4.47. The second-order valence-electron chi connectivity index (χ2n) is 6.86. The van der Waals surface area contributed by atoms with Crippen molar-refractivity contribution in [1.82, 2.24) is 4.98 Å². The Bertz CT molecular complexity index is 952. The van der Waals surface area contributed by atoms with Gasteiger partial charge in [-0.15, -0.1) is 11.3 Å². The highest BCUT2D eigenvalue weighted by Gasteiger charge is 2.19. The molecule has 1 amide bonds. The molecule has 1 N–H and O–H groups in total. The van der Waals surface area contributed by atoms with Gasteiger partial charge in [0.15, 0.2) is 0 Å². The number of piperidine rings is 1. The first-order valence-corrected chi connectivity index (χ1v) is 10.0. The molecule has 1 aromatic heterocycles. The van der Waals surface area contributed by atoms with Gasteiger partial charge in [0, 0.05) is 37.1 Å². The van der Waals surface area contributed by atoms with Gasteiger partial charge in [-0.3, -0.25) is 4.79 Å². The van der Waals surface area contributed by atoms with Crippen molar-refractivity contribution in [3.05, 3.63) is 53.0 Å². The van der Waals surface area contributed by atoms with Crippen LogP contribution in [0.4, 0.5) is 11.4 Å². The molecule has 1 unspecified atom stereocenters. The maximum atomic E-state index is 12.6. The Balaban J connectivity index is 1.44. The lowest BCUT2D eigenvalue weighted by Gasteiger charge is -2.33. The van der Waals surface area contributed by atoms with Crippen LogP contribution in [0, 0.1) is 6.92 Å². The maximum absolute atomic E-state index is 12.6. The molecule has 1 aliphatic heterocycles. The number of carbonyl (C=O) groups excluding carboxylic acids is 1. The van der Waals surface area contributed by atoms with Crippen LogP contribution in [0.3, 0.4) is 0 Å². The number of ether oxygens (including phenoxy) is 1. The Morgan fingerprint density at radius 3 is 2.85 bits per heavy atom. The molecule has 1 fully saturated rings. The summed E-state index contributed by atoms with van der Waals surface area (Å²) in [5.41, 5.74) is 3.55. The Hall–Kier alpha value is -2.44. The third-order valence-corrected chi connectivity index (χ3v) is 5.89. The number of hydrogen-bond acceptors (Lipinski definition) is 5. The molecule has 0 spiro atoms. The lowest BCUT2D eigenvalue weighted by molar-refractivity contribution is 0.0893. The van der Waals surface area contributed by atoms with E-state index in [0.29, 0.717) is 11.7 Å². The predicted molar refractivity (Wildman–Crippen MR) is 111 cm³/mol. The lowest BCUT2D eigenvalue weighted by Crippen LogP contribution is -2.39. The van der Waals surface area contributed by atoms with Crippen LogP contribution in [0.2, 0.25) is 0 Å². The van der Waals surface area contributed by atoms with E-state index >= 15 is 0 Å². The van der Waals surface area contributed by atoms with Gasteiger partial charge in [-0.1, -0.05) is 0 Å². The quantitative estimate of drug-likeness (QED) is 0.724. The highest BCUT2D eigenvalue weighted by molar-refractivity contribution is 7.18. The minimum absolute atomic E-state index is 0.104. The monoisotopic (exact) mass is 381 g/mol. The van der Waals surface area contributed by atoms with Crippen LogP contribution < -0.4 is 10.2 Å². The molecule has 2 aromatic carbocycles. The van der Waals surface area contributed by atoms with Gasteiger partial charge >= 0.3 is 0 Å². The van der Waals surface area contributed by atoms with Crippen molar-refractivity contribution >= 4 is 38.8 Å². The summed E-state index contributed by atoms with van der Waals surface area (Å²) in [7, 11) is 1.78. The Morgan fingerprint density at radius 2 is 2.07 bits per heavy atom. The number of thiazole rings is 1. The van der Waals surface area contributed by atoms with Crippen LogP contribution in [0.25, 0.3) is 10.2 Å². The number of rotatable bonds is 4. The van der Waals surface area contributed by atoms with Crippen LogP contribution in [-0.4, -0.2) is 37.2 Å². The highest BCUT2D eigenvalue weighted by atomic mass is 32.1. The van der Waals surface area contributed by atoms with Gasteiger partial charge in [-0.05, 0) is 62.2 Å². The molecular weight excluding hydrogens is 358 g/mol. The number of benzene rings is 2. The third kappa shape index (κ3) is 3.96. The number of hydrogen-bond donors (Lipinski definition) is 1. The fourth-order valence-corrected chi connectivity index (χ4v) is 4.37. The van der Waals surface area contributed by atoms with Gasteiger partial charge in [-0.25, -0.2) is 4.98 Å². The van der Waals surface area contributed by atoms with Crippen LogP contribution >= 0.6 is 11.3 Å². The molecule has 0 saturated carbocycles. The zero-order chi connectivity index (χ0) is 18.8. The molecule has 4 rings (SSSR count). The summed E-state index contributed by atoms with van der Waals surface area (Å²) in [5.74, 6) is -0.104. The topological polar surface area (TPSA) is 54.5 Å². The summed E-state index contributed by atoms with van der Waals surface area (Å²) in [6.45, 7) is 3.93. The second-order valence-corrected chi connectivity index (χ2v) is 8.10. The molecule has 3 aromatic rings. The molecular formula is C21H23N3O2S. The summed E-state index contributed by atoms with van der Waals surface area (Å²) in [5, 5.41) is 3.99. The van der Waals surface area contributed by atoms with Crippen molar-refractivity contribution in [1.29, 1.82) is 0 Å². The summed E-state index contributed by atoms with van der Waals surface area (Å²) in [6.07, 6.45) is 2.55. The number of methoxy groups -OCH3 is 1. The molecule has 1 atom stereocenters. The van der Waals surface area contributed by atoms with Crippen molar-refractivity contribution in [2.45, 2.75) is 25.9 Å². The van der Waals surface area contributed by atoms with Gasteiger partial charge in [0.1, 0.15) is 0 Å². The molecule has 140 valence electrons.